The van der Waals surface area contributed by atoms with Gasteiger partial charge < -0.3 is 34.5 Å². The van der Waals surface area contributed by atoms with E-state index in [4.69, 9.17) is 14.2 Å². The van der Waals surface area contributed by atoms with Crippen molar-refractivity contribution in [3.63, 3.8) is 0 Å². The maximum atomic E-state index is 13.3. The Hall–Kier alpha value is -5.60. The molecule has 0 radical (unpaired) electrons. The zero-order valence-electron chi connectivity index (χ0n) is 30.2. The molecule has 3 amide bonds. The highest BCUT2D eigenvalue weighted by molar-refractivity contribution is 6.22. The van der Waals surface area contributed by atoms with E-state index in [2.05, 4.69) is 15.2 Å². The van der Waals surface area contributed by atoms with Crippen molar-refractivity contribution < 1.29 is 33.7 Å². The molecule has 3 aliphatic rings. The van der Waals surface area contributed by atoms with E-state index in [1.807, 2.05) is 83.4 Å². The summed E-state index contributed by atoms with van der Waals surface area (Å²) in [4.78, 5) is 58.0. The highest BCUT2D eigenvalue weighted by Crippen LogP contribution is 2.39. The van der Waals surface area contributed by atoms with Gasteiger partial charge in [-0.25, -0.2) is 14.5 Å². The van der Waals surface area contributed by atoms with Gasteiger partial charge in [-0.2, -0.15) is 0 Å². The molecule has 1 aromatic heterocycles. The molecule has 0 bridgehead atoms. The molecule has 13 heteroatoms. The van der Waals surface area contributed by atoms with Gasteiger partial charge in [0.05, 0.1) is 42.0 Å². The van der Waals surface area contributed by atoms with E-state index >= 15 is 0 Å². The monoisotopic (exact) mass is 745 g/mol. The summed E-state index contributed by atoms with van der Waals surface area (Å²) in [7, 11) is 0. The van der Waals surface area contributed by atoms with Crippen LogP contribution in [0.3, 0.4) is 0 Å². The zero-order chi connectivity index (χ0) is 37.9. The number of benzene rings is 4. The van der Waals surface area contributed by atoms with Gasteiger partial charge in [-0.15, -0.1) is 0 Å². The number of aromatic nitrogens is 2. The molecule has 3 N–H and O–H groups in total. The summed E-state index contributed by atoms with van der Waals surface area (Å²) in [6.45, 7) is 2.29. The Morgan fingerprint density at radius 2 is 1.55 bits per heavy atom. The predicted molar refractivity (Wildman–Crippen MR) is 203 cm³/mol. The molecule has 1 unspecified atom stereocenters. The van der Waals surface area contributed by atoms with E-state index in [1.54, 1.807) is 24.3 Å². The minimum Gasteiger partial charge on any atom is -0.445 e. The van der Waals surface area contributed by atoms with Crippen molar-refractivity contribution in [2.24, 2.45) is 0 Å². The third-order valence-corrected chi connectivity index (χ3v) is 10.7. The number of nitrogens with one attached hydrogen (secondary N) is 2. The number of para-hydroxylation sites is 2. The van der Waals surface area contributed by atoms with Crippen molar-refractivity contribution in [1.82, 2.24) is 19.8 Å². The quantitative estimate of drug-likeness (QED) is 0.162. The molecular formula is C42H43N5O8. The average Bonchev–Trinajstić information content (AvgIpc) is 3.70. The Morgan fingerprint density at radius 1 is 0.836 bits per heavy atom. The molecule has 3 aliphatic heterocycles. The number of rotatable bonds is 10. The first-order valence-corrected chi connectivity index (χ1v) is 18.7. The molecule has 8 rings (SSSR count). The number of alkyl carbamates (subject to hydrolysis) is 1. The number of nitrogens with zero attached hydrogens (tertiary/aromatic N) is 3. The highest BCUT2D eigenvalue weighted by Gasteiger charge is 2.41. The lowest BCUT2D eigenvalue weighted by molar-refractivity contribution is -0.253. The van der Waals surface area contributed by atoms with Crippen molar-refractivity contribution in [3.8, 4) is 0 Å². The Labute approximate surface area is 317 Å². The van der Waals surface area contributed by atoms with Crippen LogP contribution in [0.5, 0.6) is 0 Å². The van der Waals surface area contributed by atoms with E-state index in [0.29, 0.717) is 18.7 Å². The van der Waals surface area contributed by atoms with Gasteiger partial charge in [-0.1, -0.05) is 78.9 Å². The second-order valence-corrected chi connectivity index (χ2v) is 14.3. The second-order valence-electron chi connectivity index (χ2n) is 14.3. The van der Waals surface area contributed by atoms with E-state index in [9.17, 15) is 24.3 Å². The number of imide groups is 1. The number of amides is 3. The number of hydrogen-bond acceptors (Lipinski definition) is 9. The molecular weight excluding hydrogens is 702 g/mol. The number of fused-ring (bicyclic) bond motifs is 1. The molecule has 4 atom stereocenters. The maximum Gasteiger partial charge on any atom is 0.408 e. The largest absolute Gasteiger partial charge is 0.445 e. The van der Waals surface area contributed by atoms with Crippen molar-refractivity contribution in [2.75, 3.05) is 24.5 Å². The number of piperidine rings is 1. The lowest BCUT2D eigenvalue weighted by Gasteiger charge is -2.40. The number of imidazole rings is 1. The standard InChI is InChI=1S/C42H43N5O8/c48-25-27-10-12-29(13-11-27)37-22-33(24-45-20-18-32(19-21-45)46-36-9-5-4-8-34(36)43-41(46)51)54-40(55-37)30-14-16-31(17-15-30)47-38(49)23-35(39(47)50)44-42(52)53-26-28-6-2-1-3-7-28/h1-17,32-33,35,37,40,48H,18-26H2,(H,43,51)(H,44,52)/t33-,35?,37+,40+/m1/s1. The summed E-state index contributed by atoms with van der Waals surface area (Å²) in [6.07, 6.45) is 0.150. The molecule has 0 aliphatic carbocycles. The van der Waals surface area contributed by atoms with E-state index in [1.165, 1.54) is 0 Å². The number of anilines is 1. The minimum atomic E-state index is -1.03. The fourth-order valence-electron chi connectivity index (χ4n) is 7.82. The topological polar surface area (TPSA) is 155 Å². The zero-order valence-corrected chi connectivity index (χ0v) is 30.2. The molecule has 4 aromatic carbocycles. The van der Waals surface area contributed by atoms with Crippen molar-refractivity contribution in [3.05, 3.63) is 136 Å². The average molecular weight is 746 g/mol. The Morgan fingerprint density at radius 3 is 2.29 bits per heavy atom. The van der Waals surface area contributed by atoms with Gasteiger partial charge in [0.1, 0.15) is 12.6 Å². The number of aliphatic hydroxyl groups excluding tert-OH is 1. The fourth-order valence-corrected chi connectivity index (χ4v) is 7.82. The number of carbonyl (C=O) groups excluding carboxylic acids is 3. The van der Waals surface area contributed by atoms with Crippen LogP contribution >= 0.6 is 0 Å². The number of ether oxygens (including phenoxy) is 3. The van der Waals surface area contributed by atoms with Crippen molar-refractivity contribution >= 4 is 34.6 Å². The van der Waals surface area contributed by atoms with E-state index < -0.39 is 30.2 Å². The van der Waals surface area contributed by atoms with Gasteiger partial charge in [-0.3, -0.25) is 14.2 Å². The maximum absolute atomic E-state index is 13.3. The Bertz CT molecular complexity index is 2200. The van der Waals surface area contributed by atoms with Crippen LogP contribution in [0.1, 0.15) is 66.4 Å². The lowest BCUT2D eigenvalue weighted by atomic mass is 9.98. The molecule has 0 saturated carbocycles. The van der Waals surface area contributed by atoms with E-state index in [0.717, 1.165) is 64.1 Å². The van der Waals surface area contributed by atoms with Gasteiger partial charge in [-0.05, 0) is 53.8 Å². The van der Waals surface area contributed by atoms with Gasteiger partial charge in [0.2, 0.25) is 5.91 Å². The molecule has 13 nitrogen and oxygen atoms in total. The molecule has 4 heterocycles. The molecule has 284 valence electrons. The minimum absolute atomic E-state index is 0.0421. The van der Waals surface area contributed by atoms with Crippen LogP contribution in [0.15, 0.2) is 108 Å². The molecule has 3 saturated heterocycles. The first-order chi connectivity index (χ1) is 26.8. The number of hydrogen-bond donors (Lipinski definition) is 3. The van der Waals surface area contributed by atoms with Crippen LogP contribution in [-0.2, 0) is 37.0 Å². The molecule has 0 spiro atoms. The fraction of sp³-hybridized carbons (Fsp3) is 0.333. The van der Waals surface area contributed by atoms with Gasteiger partial charge in [0.25, 0.3) is 5.91 Å². The number of aliphatic hydroxyl groups is 1. The smallest absolute Gasteiger partial charge is 0.408 e. The lowest BCUT2D eigenvalue weighted by Crippen LogP contribution is -2.43. The second kappa shape index (κ2) is 16.0. The van der Waals surface area contributed by atoms with Crippen molar-refractivity contribution in [2.45, 2.75) is 69.5 Å². The van der Waals surface area contributed by atoms with Crippen LogP contribution in [0.2, 0.25) is 0 Å². The summed E-state index contributed by atoms with van der Waals surface area (Å²) < 4.78 is 20.3. The third kappa shape index (κ3) is 7.96. The molecule has 3 fully saturated rings. The predicted octanol–water partition coefficient (Wildman–Crippen LogP) is 5.26. The normalized spacial score (nSPS) is 22.3. The number of H-pyrrole nitrogens is 1. The van der Waals surface area contributed by atoms with Crippen LogP contribution in [0.25, 0.3) is 11.0 Å². The van der Waals surface area contributed by atoms with Crippen LogP contribution < -0.4 is 15.9 Å². The summed E-state index contributed by atoms with van der Waals surface area (Å²) in [6, 6.07) is 30.7. The van der Waals surface area contributed by atoms with Crippen LogP contribution in [0, 0.1) is 0 Å². The molecule has 5 aromatic rings. The van der Waals surface area contributed by atoms with Gasteiger partial charge >= 0.3 is 11.8 Å². The number of likely N-dealkylation sites (tertiary alicyclic amines) is 1. The van der Waals surface area contributed by atoms with Crippen LogP contribution in [0.4, 0.5) is 10.5 Å². The summed E-state index contributed by atoms with van der Waals surface area (Å²) >= 11 is 0. The van der Waals surface area contributed by atoms with Crippen molar-refractivity contribution in [1.29, 1.82) is 0 Å². The van der Waals surface area contributed by atoms with Gasteiger partial charge in [0.15, 0.2) is 6.29 Å². The number of carbonyl (C=O) groups is 3. The van der Waals surface area contributed by atoms with Gasteiger partial charge in [0, 0.05) is 37.7 Å². The molecule has 55 heavy (non-hydrogen) atoms. The number of aromatic amines is 1. The first-order valence-electron chi connectivity index (χ1n) is 18.7. The first kappa shape index (κ1) is 36.4. The summed E-state index contributed by atoms with van der Waals surface area (Å²) in [5, 5.41) is 12.1. The van der Waals surface area contributed by atoms with Crippen LogP contribution in [-0.4, -0.2) is 69.2 Å². The summed E-state index contributed by atoms with van der Waals surface area (Å²) in [5.41, 5.74) is 5.38. The third-order valence-electron chi connectivity index (χ3n) is 10.7. The Balaban J connectivity index is 0.930. The SMILES string of the molecule is O=C(NC1CC(=O)N(c2ccc([C@H]3O[C@@H](CN4CCC(n5c(=O)[nH]c6ccccc65)CC4)C[C@@H](c4ccc(CO)cc4)O3)cc2)C1=O)OCc1ccccc1. The highest BCUT2D eigenvalue weighted by atomic mass is 16.7. The summed E-state index contributed by atoms with van der Waals surface area (Å²) in [5.74, 6) is -0.967. The van der Waals surface area contributed by atoms with E-state index in [-0.39, 0.29) is 43.6 Å². The Kier molecular flexibility index (Phi) is 10.6.